The molecule has 32 nitrogen and oxygen atoms in total. The number of nitrogens with one attached hydrogen (secondary N) is 15. The maximum absolute atomic E-state index is 14.0. The highest BCUT2D eigenvalue weighted by atomic mass is 32.2. The van der Waals surface area contributed by atoms with Gasteiger partial charge in [0.1, 0.15) is 6.04 Å². The van der Waals surface area contributed by atoms with Crippen LogP contribution in [0.4, 0.5) is 5.69 Å². The number of fused-ring (bicyclic) bond motifs is 1. The average Bonchev–Trinajstić information content (AvgIpc) is 3.25. The molecule has 0 saturated carbocycles. The van der Waals surface area contributed by atoms with Crippen LogP contribution in [0.2, 0.25) is 0 Å². The Labute approximate surface area is 391 Å². The standard InChI is InChI=1S/C36H52N22O10S/c1-58(2)17-12-6-11-16-15(17)10-7-13-18(16)69(67,68)57-32(66)31(65)47-19(14-8-4-3-5-9-14)26(60)49-23(54-34(41)42)28(62)51-25(56-36(45)46)30(64)52-24(55-35(43)44)29(63)50-22(53-33(39)40)27(61)48-20(37)21(38)59/h3-13,19-20,22-25,32,57,66H,37H2,1-2H3,(H2,38,59)(H,47,65)(H,48,61)(H,49,60)(H,50,63)(H,51,62)(H,52,64)(H4,39,40,53)(H4,41,42,54)(H4,43,44,55)(H4,45,46,56). The number of anilines is 1. The molecule has 0 bridgehead atoms. The van der Waals surface area contributed by atoms with Gasteiger partial charge in [-0.15, -0.1) is 0 Å². The van der Waals surface area contributed by atoms with Gasteiger partial charge in [0, 0.05) is 30.6 Å². The van der Waals surface area contributed by atoms with Gasteiger partial charge >= 0.3 is 0 Å². The lowest BCUT2D eigenvalue weighted by molar-refractivity contribution is -0.137. The summed E-state index contributed by atoms with van der Waals surface area (Å²) in [6, 6.07) is 14.6. The number of rotatable bonds is 22. The highest BCUT2D eigenvalue weighted by Crippen LogP contribution is 2.30. The average molecular weight is 985 g/mol. The summed E-state index contributed by atoms with van der Waals surface area (Å²) in [4.78, 5) is 93.6. The van der Waals surface area contributed by atoms with Crippen molar-refractivity contribution in [2.75, 3.05) is 19.0 Å². The summed E-state index contributed by atoms with van der Waals surface area (Å²) >= 11 is 0. The van der Waals surface area contributed by atoms with Crippen molar-refractivity contribution >= 4 is 91.7 Å². The van der Waals surface area contributed by atoms with Crippen LogP contribution in [-0.4, -0.2) is 130 Å². The Morgan fingerprint density at radius 2 is 0.928 bits per heavy atom. The first-order valence-corrected chi connectivity index (χ1v) is 20.9. The van der Waals surface area contributed by atoms with Gasteiger partial charge in [0.15, 0.2) is 60.9 Å². The lowest BCUT2D eigenvalue weighted by Crippen LogP contribution is -2.69. The molecule has 0 spiro atoms. The first-order chi connectivity index (χ1) is 32.2. The molecule has 7 unspecified atom stereocenters. The number of aliphatic hydroxyl groups excluding tert-OH is 1. The zero-order valence-corrected chi connectivity index (χ0v) is 37.1. The maximum Gasteiger partial charge on any atom is 0.265 e. The molecule has 372 valence electrons. The Morgan fingerprint density at radius 1 is 0.522 bits per heavy atom. The highest BCUT2D eigenvalue weighted by molar-refractivity contribution is 7.89. The molecule has 0 fully saturated rings. The molecule has 69 heavy (non-hydrogen) atoms. The molecule has 0 aliphatic rings. The third kappa shape index (κ3) is 15.8. The quantitative estimate of drug-likeness (QED) is 0.0252. The SMILES string of the molecule is CN(C)c1cccc2c(S(=O)(=O)NC(O)C(=O)NC(C(=O)NC(NC(=N)N)C(=O)NC(NC(=N)N)C(=O)NC(NC(=N)N)C(=O)NC(NC(=N)N)C(=O)NC(N)C(N)=O)c3ccccc3)cccc12. The molecular weight excluding hydrogens is 933 g/mol. The maximum atomic E-state index is 14.0. The zero-order chi connectivity index (χ0) is 51.9. The van der Waals surface area contributed by atoms with Gasteiger partial charge in [-0.25, -0.2) is 8.42 Å². The molecule has 33 heteroatoms. The number of sulfonamides is 1. The number of guanidine groups is 4. The summed E-state index contributed by atoms with van der Waals surface area (Å²) < 4.78 is 29.0. The van der Waals surface area contributed by atoms with Crippen LogP contribution in [0, 0.1) is 21.6 Å². The molecule has 0 aliphatic carbocycles. The fraction of sp³-hybridized carbons (Fsp3) is 0.250. The number of nitrogens with zero attached hydrogens (tertiary/aromatic N) is 1. The smallest absolute Gasteiger partial charge is 0.265 e. The monoisotopic (exact) mass is 984 g/mol. The van der Waals surface area contributed by atoms with Crippen molar-refractivity contribution < 1.29 is 47.1 Å². The third-order valence-electron chi connectivity index (χ3n) is 8.83. The van der Waals surface area contributed by atoms with E-state index in [-0.39, 0.29) is 15.8 Å². The van der Waals surface area contributed by atoms with E-state index in [4.69, 9.17) is 56.0 Å². The molecule has 3 aromatic carbocycles. The van der Waals surface area contributed by atoms with Crippen molar-refractivity contribution in [2.24, 2.45) is 34.4 Å². The van der Waals surface area contributed by atoms with Crippen LogP contribution in [-0.2, 0) is 43.6 Å². The van der Waals surface area contributed by atoms with Crippen molar-refractivity contribution in [2.45, 2.75) is 48.0 Å². The van der Waals surface area contributed by atoms with Crippen molar-refractivity contribution in [3.63, 3.8) is 0 Å². The highest BCUT2D eigenvalue weighted by Gasteiger charge is 2.35. The molecule has 0 aliphatic heterocycles. The largest absolute Gasteiger partial charge is 0.377 e. The van der Waals surface area contributed by atoms with Gasteiger partial charge in [-0.3, -0.25) is 55.2 Å². The fourth-order valence-corrected chi connectivity index (χ4v) is 7.07. The predicted octanol–water partition coefficient (Wildman–Crippen LogP) is -9.05. The Morgan fingerprint density at radius 3 is 1.35 bits per heavy atom. The van der Waals surface area contributed by atoms with Gasteiger partial charge in [-0.1, -0.05) is 54.6 Å². The van der Waals surface area contributed by atoms with Crippen LogP contribution in [0.25, 0.3) is 10.8 Å². The fourth-order valence-electron chi connectivity index (χ4n) is 5.82. The second kappa shape index (κ2) is 23.9. The Balaban J connectivity index is 1.88. The van der Waals surface area contributed by atoms with E-state index in [0.29, 0.717) is 11.1 Å². The van der Waals surface area contributed by atoms with Crippen LogP contribution in [0.15, 0.2) is 71.6 Å². The third-order valence-corrected chi connectivity index (χ3v) is 10.3. The van der Waals surface area contributed by atoms with E-state index in [9.17, 15) is 47.1 Å². The minimum Gasteiger partial charge on any atom is -0.377 e. The molecule has 0 heterocycles. The number of primary amides is 1. The summed E-state index contributed by atoms with van der Waals surface area (Å²) in [5, 5.41) is 62.7. The Hall–Kier alpha value is -9.08. The normalized spacial score (nSPS) is 13.9. The van der Waals surface area contributed by atoms with E-state index in [1.165, 1.54) is 48.5 Å². The predicted molar refractivity (Wildman–Crippen MR) is 245 cm³/mol. The number of amides is 7. The molecule has 0 aromatic heterocycles. The second-order valence-corrected chi connectivity index (χ2v) is 16.0. The lowest BCUT2D eigenvalue weighted by atomic mass is 10.1. The molecule has 3 aromatic rings. The van der Waals surface area contributed by atoms with Crippen LogP contribution >= 0.6 is 0 Å². The number of nitrogens with two attached hydrogens (primary N) is 6. The van der Waals surface area contributed by atoms with Gasteiger partial charge in [0.05, 0.1) is 4.90 Å². The van der Waals surface area contributed by atoms with Gasteiger partial charge in [-0.2, -0.15) is 4.72 Å². The summed E-state index contributed by atoms with van der Waals surface area (Å²) in [5.41, 5.74) is 32.7. The minimum absolute atomic E-state index is 0.0115. The van der Waals surface area contributed by atoms with Crippen LogP contribution in [0.1, 0.15) is 11.6 Å². The molecule has 28 N–H and O–H groups in total. The molecule has 0 radical (unpaired) electrons. The molecule has 7 amide bonds. The summed E-state index contributed by atoms with van der Waals surface area (Å²) in [7, 11) is -1.14. The van der Waals surface area contributed by atoms with Crippen LogP contribution < -0.4 is 97.2 Å². The Bertz CT molecular complexity index is 2600. The summed E-state index contributed by atoms with van der Waals surface area (Å²) in [6.45, 7) is 0. The zero-order valence-electron chi connectivity index (χ0n) is 36.3. The molecule has 3 rings (SSSR count). The van der Waals surface area contributed by atoms with E-state index in [2.05, 4.69) is 16.0 Å². The van der Waals surface area contributed by atoms with E-state index in [1.807, 2.05) is 41.9 Å². The van der Waals surface area contributed by atoms with Gasteiger partial charge in [0.25, 0.3) is 35.4 Å². The second-order valence-electron chi connectivity index (χ2n) is 14.3. The van der Waals surface area contributed by atoms with E-state index < -0.39 is 118 Å². The first kappa shape index (κ1) is 54.3. The number of hydrogen-bond donors (Lipinski definition) is 22. The topological polar surface area (TPSA) is 561 Å². The number of aliphatic hydroxyl groups is 1. The van der Waals surface area contributed by atoms with Crippen molar-refractivity contribution in [3.8, 4) is 0 Å². The minimum atomic E-state index is -4.64. The number of carbonyl (C=O) groups excluding carboxylic acids is 7. The lowest BCUT2D eigenvalue weighted by Gasteiger charge is -2.28. The molecule has 7 atom stereocenters. The van der Waals surface area contributed by atoms with Crippen molar-refractivity contribution in [1.82, 2.24) is 57.9 Å². The summed E-state index contributed by atoms with van der Waals surface area (Å²) in [5.74, 6) is -13.3. The summed E-state index contributed by atoms with van der Waals surface area (Å²) in [6.07, 6.45) is -12.7. The van der Waals surface area contributed by atoms with Crippen molar-refractivity contribution in [3.05, 3.63) is 72.3 Å². The van der Waals surface area contributed by atoms with E-state index in [1.54, 1.807) is 37.2 Å². The van der Waals surface area contributed by atoms with Gasteiger partial charge in [-0.05, 0) is 17.7 Å². The molecule has 0 saturated heterocycles. The van der Waals surface area contributed by atoms with Gasteiger partial charge in [0.2, 0.25) is 15.9 Å². The number of hydrogen-bond acceptors (Lipinski definition) is 16. The van der Waals surface area contributed by atoms with Crippen LogP contribution in [0.5, 0.6) is 0 Å². The number of benzene rings is 3. The van der Waals surface area contributed by atoms with Crippen LogP contribution in [0.3, 0.4) is 0 Å². The van der Waals surface area contributed by atoms with Gasteiger partial charge < -0.3 is 97.6 Å². The first-order valence-electron chi connectivity index (χ1n) is 19.5. The van der Waals surface area contributed by atoms with E-state index >= 15 is 0 Å². The van der Waals surface area contributed by atoms with E-state index in [0.717, 1.165) is 0 Å². The van der Waals surface area contributed by atoms with Crippen molar-refractivity contribution in [1.29, 1.82) is 21.6 Å². The molecular formula is C36H52N22O10S. The number of carbonyl (C=O) groups is 7. The Kier molecular flexibility index (Phi) is 18.8.